The van der Waals surface area contributed by atoms with E-state index in [0.717, 1.165) is 17.7 Å². The maximum Gasteiger partial charge on any atom is 0.258 e. The first-order valence-corrected chi connectivity index (χ1v) is 7.49. The summed E-state index contributed by atoms with van der Waals surface area (Å²) in [5.74, 6) is 0.610. The third-order valence-electron chi connectivity index (χ3n) is 3.33. The van der Waals surface area contributed by atoms with Gasteiger partial charge < -0.3 is 10.1 Å². The predicted molar refractivity (Wildman–Crippen MR) is 89.0 cm³/mol. The molecule has 0 spiro atoms. The van der Waals surface area contributed by atoms with E-state index in [1.165, 1.54) is 5.56 Å². The summed E-state index contributed by atoms with van der Waals surface area (Å²) < 4.78 is 5.53. The molecule has 0 atom stereocenters. The van der Waals surface area contributed by atoms with Crippen LogP contribution in [0.25, 0.3) is 0 Å². The van der Waals surface area contributed by atoms with Gasteiger partial charge in [0, 0.05) is 5.54 Å². The Morgan fingerprint density at radius 3 is 2.50 bits per heavy atom. The third kappa shape index (κ3) is 5.24. The molecule has 0 radical (unpaired) electrons. The highest BCUT2D eigenvalue weighted by Crippen LogP contribution is 2.14. The lowest BCUT2D eigenvalue weighted by molar-refractivity contribution is -0.124. The van der Waals surface area contributed by atoms with Gasteiger partial charge in [-0.15, -0.1) is 0 Å². The average Bonchev–Trinajstić information content (AvgIpc) is 2.45. The number of nitrogens with one attached hydrogen (secondary N) is 1. The molecule has 2 rings (SSSR count). The fraction of sp³-hybridized carbons (Fsp3) is 0.316. The van der Waals surface area contributed by atoms with E-state index in [1.807, 2.05) is 63.2 Å². The molecule has 0 aliphatic carbocycles. The molecule has 2 aromatic carbocycles. The molecule has 0 saturated carbocycles. The largest absolute Gasteiger partial charge is 0.484 e. The van der Waals surface area contributed by atoms with Crippen molar-refractivity contribution in [2.45, 2.75) is 32.7 Å². The molecule has 0 unspecified atom stereocenters. The van der Waals surface area contributed by atoms with Crippen LogP contribution in [-0.4, -0.2) is 18.1 Å². The number of ether oxygens (including phenoxy) is 1. The van der Waals surface area contributed by atoms with Crippen LogP contribution in [0.15, 0.2) is 54.6 Å². The van der Waals surface area contributed by atoms with Crippen LogP contribution in [0.3, 0.4) is 0 Å². The summed E-state index contributed by atoms with van der Waals surface area (Å²) in [5, 5.41) is 3.03. The van der Waals surface area contributed by atoms with Gasteiger partial charge >= 0.3 is 0 Å². The number of hydrogen-bond donors (Lipinski definition) is 1. The second-order valence-electron chi connectivity index (χ2n) is 6.20. The van der Waals surface area contributed by atoms with Crippen LogP contribution in [0.5, 0.6) is 5.75 Å². The second kappa shape index (κ2) is 7.12. The minimum absolute atomic E-state index is 0.0294. The number of carbonyl (C=O) groups excluding carboxylic acids is 1. The Morgan fingerprint density at radius 1 is 1.09 bits per heavy atom. The van der Waals surface area contributed by atoms with Crippen LogP contribution in [0.2, 0.25) is 0 Å². The minimum Gasteiger partial charge on any atom is -0.484 e. The normalized spacial score (nSPS) is 11.0. The second-order valence-corrected chi connectivity index (χ2v) is 6.20. The molecule has 0 heterocycles. The van der Waals surface area contributed by atoms with Gasteiger partial charge in [-0.2, -0.15) is 0 Å². The van der Waals surface area contributed by atoms with E-state index in [4.69, 9.17) is 4.74 Å². The SMILES string of the molecule is Cc1cccc(OCC(=O)NC(C)(C)Cc2ccccc2)c1. The molecule has 116 valence electrons. The molecule has 3 nitrogen and oxygen atoms in total. The van der Waals surface area contributed by atoms with Crippen LogP contribution >= 0.6 is 0 Å². The van der Waals surface area contributed by atoms with E-state index >= 15 is 0 Å². The van der Waals surface area contributed by atoms with Crippen molar-refractivity contribution in [3.05, 3.63) is 65.7 Å². The Balaban J connectivity index is 1.85. The first-order chi connectivity index (χ1) is 10.4. The van der Waals surface area contributed by atoms with Crippen LogP contribution in [0, 0.1) is 6.92 Å². The predicted octanol–water partition coefficient (Wildman–Crippen LogP) is 3.51. The van der Waals surface area contributed by atoms with Crippen molar-refractivity contribution in [1.29, 1.82) is 0 Å². The molecular weight excluding hydrogens is 274 g/mol. The Hall–Kier alpha value is -2.29. The van der Waals surface area contributed by atoms with Gasteiger partial charge in [-0.05, 0) is 50.5 Å². The lowest BCUT2D eigenvalue weighted by Gasteiger charge is -2.26. The number of rotatable bonds is 6. The van der Waals surface area contributed by atoms with Crippen molar-refractivity contribution < 1.29 is 9.53 Å². The van der Waals surface area contributed by atoms with Gasteiger partial charge in [0.2, 0.25) is 0 Å². The molecule has 22 heavy (non-hydrogen) atoms. The number of aryl methyl sites for hydroxylation is 1. The van der Waals surface area contributed by atoms with Crippen LogP contribution in [0.1, 0.15) is 25.0 Å². The quantitative estimate of drug-likeness (QED) is 0.886. The van der Waals surface area contributed by atoms with Crippen LogP contribution in [-0.2, 0) is 11.2 Å². The van der Waals surface area contributed by atoms with E-state index < -0.39 is 0 Å². The van der Waals surface area contributed by atoms with Gasteiger partial charge in [0.1, 0.15) is 5.75 Å². The first-order valence-electron chi connectivity index (χ1n) is 7.49. The summed E-state index contributed by atoms with van der Waals surface area (Å²) in [6.45, 7) is 6.06. The van der Waals surface area contributed by atoms with Crippen molar-refractivity contribution in [3.63, 3.8) is 0 Å². The number of carbonyl (C=O) groups is 1. The molecule has 0 fully saturated rings. The summed E-state index contributed by atoms with van der Waals surface area (Å²) >= 11 is 0. The Bertz CT molecular complexity index is 620. The highest BCUT2D eigenvalue weighted by atomic mass is 16.5. The van der Waals surface area contributed by atoms with E-state index in [9.17, 15) is 4.79 Å². The highest BCUT2D eigenvalue weighted by Gasteiger charge is 2.21. The molecule has 1 N–H and O–H groups in total. The summed E-state index contributed by atoms with van der Waals surface area (Å²) in [4.78, 5) is 12.1. The number of hydrogen-bond acceptors (Lipinski definition) is 2. The molecule has 0 aliphatic rings. The van der Waals surface area contributed by atoms with Gasteiger partial charge in [0.05, 0.1) is 0 Å². The van der Waals surface area contributed by atoms with Crippen molar-refractivity contribution in [3.8, 4) is 5.75 Å². The summed E-state index contributed by atoms with van der Waals surface area (Å²) in [6.07, 6.45) is 0.782. The van der Waals surface area contributed by atoms with E-state index in [-0.39, 0.29) is 18.1 Å². The van der Waals surface area contributed by atoms with Crippen LogP contribution in [0.4, 0.5) is 0 Å². The van der Waals surface area contributed by atoms with Gasteiger partial charge in [-0.25, -0.2) is 0 Å². The maximum absolute atomic E-state index is 12.1. The molecule has 0 saturated heterocycles. The summed E-state index contributed by atoms with van der Waals surface area (Å²) in [5.41, 5.74) is 2.00. The number of amides is 1. The van der Waals surface area contributed by atoms with E-state index in [0.29, 0.717) is 0 Å². The van der Waals surface area contributed by atoms with Crippen molar-refractivity contribution in [2.24, 2.45) is 0 Å². The van der Waals surface area contributed by atoms with E-state index in [2.05, 4.69) is 17.4 Å². The first kappa shape index (κ1) is 16.1. The minimum atomic E-state index is -0.311. The molecule has 0 bridgehead atoms. The van der Waals surface area contributed by atoms with Gasteiger partial charge in [-0.1, -0.05) is 42.5 Å². The maximum atomic E-state index is 12.1. The average molecular weight is 297 g/mol. The zero-order chi connectivity index (χ0) is 16.0. The van der Waals surface area contributed by atoms with Crippen LogP contribution < -0.4 is 10.1 Å². The standard InChI is InChI=1S/C19H23NO2/c1-15-8-7-11-17(12-15)22-14-18(21)20-19(2,3)13-16-9-5-4-6-10-16/h4-12H,13-14H2,1-3H3,(H,20,21). The summed E-state index contributed by atoms with van der Waals surface area (Å²) in [6, 6.07) is 17.8. The van der Waals surface area contributed by atoms with Gasteiger partial charge in [-0.3, -0.25) is 4.79 Å². The van der Waals surface area contributed by atoms with Crippen molar-refractivity contribution in [1.82, 2.24) is 5.32 Å². The number of benzene rings is 2. The van der Waals surface area contributed by atoms with Gasteiger partial charge in [0.15, 0.2) is 6.61 Å². The molecule has 0 aliphatic heterocycles. The zero-order valence-electron chi connectivity index (χ0n) is 13.4. The summed E-state index contributed by atoms with van der Waals surface area (Å²) in [7, 11) is 0. The van der Waals surface area contributed by atoms with E-state index in [1.54, 1.807) is 0 Å². The molecule has 0 aromatic heterocycles. The van der Waals surface area contributed by atoms with Crippen molar-refractivity contribution >= 4 is 5.91 Å². The topological polar surface area (TPSA) is 38.3 Å². The lowest BCUT2D eigenvalue weighted by Crippen LogP contribution is -2.47. The highest BCUT2D eigenvalue weighted by molar-refractivity contribution is 5.78. The molecular formula is C19H23NO2. The molecule has 2 aromatic rings. The zero-order valence-corrected chi connectivity index (χ0v) is 13.4. The van der Waals surface area contributed by atoms with Crippen molar-refractivity contribution in [2.75, 3.05) is 6.61 Å². The Kier molecular flexibility index (Phi) is 5.21. The molecule has 3 heteroatoms. The Morgan fingerprint density at radius 2 is 1.82 bits per heavy atom. The fourth-order valence-corrected chi connectivity index (χ4v) is 2.42. The Labute approximate surface area is 132 Å². The monoisotopic (exact) mass is 297 g/mol. The smallest absolute Gasteiger partial charge is 0.258 e. The lowest BCUT2D eigenvalue weighted by atomic mass is 9.95. The fourth-order valence-electron chi connectivity index (χ4n) is 2.42. The third-order valence-corrected chi connectivity index (χ3v) is 3.33. The van der Waals surface area contributed by atoms with Gasteiger partial charge in [0.25, 0.3) is 5.91 Å². The molecule has 1 amide bonds.